The molecule has 0 atom stereocenters. The summed E-state index contributed by atoms with van der Waals surface area (Å²) in [6, 6.07) is 10.1. The highest BCUT2D eigenvalue weighted by Gasteiger charge is 2.32. The largest absolute Gasteiger partial charge is 0.508 e. The number of benzene rings is 1. The molecular weight excluding hydrogens is 316 g/mol. The van der Waals surface area contributed by atoms with Gasteiger partial charge in [0.25, 0.3) is 0 Å². The van der Waals surface area contributed by atoms with Crippen LogP contribution in [0.15, 0.2) is 24.3 Å². The van der Waals surface area contributed by atoms with Crippen molar-refractivity contribution in [1.29, 1.82) is 0 Å². The number of phenols is 1. The Morgan fingerprint density at radius 2 is 1.43 bits per heavy atom. The molecule has 4 heteroatoms. The van der Waals surface area contributed by atoms with E-state index in [1.807, 2.05) is 18.2 Å². The van der Waals surface area contributed by atoms with Crippen LogP contribution in [0.1, 0.15) is 46.6 Å². The number of rotatable bonds is 9. The maximum absolute atomic E-state index is 9.81. The lowest BCUT2D eigenvalue weighted by Gasteiger charge is -2.34. The van der Waals surface area contributed by atoms with E-state index in [4.69, 9.17) is 4.12 Å². The van der Waals surface area contributed by atoms with Gasteiger partial charge in [0.1, 0.15) is 5.75 Å². The Labute approximate surface area is 147 Å². The summed E-state index contributed by atoms with van der Waals surface area (Å²) in [5.41, 5.74) is 1.06. The molecule has 0 spiro atoms. The zero-order valence-corrected chi connectivity index (χ0v) is 16.4. The van der Waals surface area contributed by atoms with Gasteiger partial charge in [-0.05, 0) is 62.7 Å². The summed E-state index contributed by atoms with van der Waals surface area (Å²) in [7, 11) is -3.07. The van der Waals surface area contributed by atoms with Crippen LogP contribution in [0, 0.1) is 0 Å². The van der Waals surface area contributed by atoms with E-state index in [1.54, 1.807) is 6.07 Å². The van der Waals surface area contributed by atoms with Gasteiger partial charge in [0.15, 0.2) is 16.6 Å². The first-order chi connectivity index (χ1) is 9.76. The standard InChI is InChI=1S/C17H32O2Si2.2CH4/c1-6-7-14-20(2,3)19-21(4,5)15-10-12-16-11-8-9-13-17(16)18;;/h8-9,11,13,18H,6-7,10,12,14-15H2,1-5H3;2*1H4. The molecule has 2 nitrogen and oxygen atoms in total. The van der Waals surface area contributed by atoms with E-state index >= 15 is 0 Å². The predicted octanol–water partition coefficient (Wildman–Crippen LogP) is 6.82. The summed E-state index contributed by atoms with van der Waals surface area (Å²) in [5, 5.41) is 9.81. The summed E-state index contributed by atoms with van der Waals surface area (Å²) in [6.07, 6.45) is 4.61. The topological polar surface area (TPSA) is 29.5 Å². The predicted molar refractivity (Wildman–Crippen MR) is 110 cm³/mol. The quantitative estimate of drug-likeness (QED) is 0.492. The van der Waals surface area contributed by atoms with Crippen molar-refractivity contribution in [1.82, 2.24) is 0 Å². The number of phenolic OH excluding ortho intramolecular Hbond substituents is 1. The van der Waals surface area contributed by atoms with E-state index in [9.17, 15) is 5.11 Å². The fraction of sp³-hybridized carbons (Fsp3) is 0.684. The van der Waals surface area contributed by atoms with Crippen molar-refractivity contribution in [3.05, 3.63) is 29.8 Å². The molecule has 0 unspecified atom stereocenters. The number of unbranched alkanes of at least 4 members (excludes halogenated alkanes) is 1. The number of aromatic hydroxyl groups is 1. The van der Waals surface area contributed by atoms with Gasteiger partial charge in [-0.15, -0.1) is 0 Å². The van der Waals surface area contributed by atoms with Gasteiger partial charge in [-0.3, -0.25) is 0 Å². The monoisotopic (exact) mass is 356 g/mol. The average Bonchev–Trinajstić information content (AvgIpc) is 2.37. The van der Waals surface area contributed by atoms with Crippen LogP contribution in [0.25, 0.3) is 0 Å². The normalized spacial score (nSPS) is 11.5. The van der Waals surface area contributed by atoms with Crippen LogP contribution in [-0.2, 0) is 10.5 Å². The molecule has 0 bridgehead atoms. The molecule has 1 aromatic rings. The Morgan fingerprint density at radius 1 is 0.913 bits per heavy atom. The van der Waals surface area contributed by atoms with Crippen molar-refractivity contribution >= 4 is 16.6 Å². The summed E-state index contributed by atoms with van der Waals surface area (Å²) < 4.78 is 6.61. The number of hydrogen-bond acceptors (Lipinski definition) is 2. The van der Waals surface area contributed by atoms with Gasteiger partial charge >= 0.3 is 0 Å². The lowest BCUT2D eigenvalue weighted by Crippen LogP contribution is -2.44. The maximum Gasteiger partial charge on any atom is 0.173 e. The zero-order valence-electron chi connectivity index (χ0n) is 14.4. The average molecular weight is 357 g/mol. The first-order valence-corrected chi connectivity index (χ1v) is 14.5. The minimum atomic E-state index is -1.58. The summed E-state index contributed by atoms with van der Waals surface area (Å²) in [4.78, 5) is 0. The highest BCUT2D eigenvalue weighted by molar-refractivity contribution is 6.84. The number of para-hydroxylation sites is 1. The van der Waals surface area contributed by atoms with Crippen LogP contribution >= 0.6 is 0 Å². The van der Waals surface area contributed by atoms with Gasteiger partial charge in [-0.1, -0.05) is 52.8 Å². The Bertz CT molecular complexity index is 431. The smallest absolute Gasteiger partial charge is 0.173 e. The molecule has 0 saturated heterocycles. The molecule has 1 N–H and O–H groups in total. The van der Waals surface area contributed by atoms with Crippen LogP contribution in [-0.4, -0.2) is 21.7 Å². The Hall–Kier alpha value is -0.586. The van der Waals surface area contributed by atoms with E-state index in [-0.39, 0.29) is 14.9 Å². The zero-order chi connectivity index (χ0) is 15.9. The van der Waals surface area contributed by atoms with Gasteiger partial charge in [-0.25, -0.2) is 0 Å². The molecule has 0 aliphatic carbocycles. The van der Waals surface area contributed by atoms with Gasteiger partial charge < -0.3 is 9.22 Å². The van der Waals surface area contributed by atoms with Crippen molar-refractivity contribution in [3.63, 3.8) is 0 Å². The van der Waals surface area contributed by atoms with E-state index in [1.165, 1.54) is 24.9 Å². The summed E-state index contributed by atoms with van der Waals surface area (Å²) in [5.74, 6) is 0.426. The fourth-order valence-electron chi connectivity index (χ4n) is 2.88. The maximum atomic E-state index is 9.81. The van der Waals surface area contributed by atoms with Crippen LogP contribution in [0.3, 0.4) is 0 Å². The van der Waals surface area contributed by atoms with Crippen LogP contribution < -0.4 is 0 Å². The highest BCUT2D eigenvalue weighted by atomic mass is 28.4. The molecule has 0 saturated carbocycles. The van der Waals surface area contributed by atoms with E-state index in [2.05, 4.69) is 33.1 Å². The highest BCUT2D eigenvalue weighted by Crippen LogP contribution is 2.26. The van der Waals surface area contributed by atoms with Crippen molar-refractivity contribution in [2.75, 3.05) is 0 Å². The second-order valence-electron chi connectivity index (χ2n) is 7.21. The van der Waals surface area contributed by atoms with Crippen molar-refractivity contribution < 1.29 is 9.22 Å². The summed E-state index contributed by atoms with van der Waals surface area (Å²) >= 11 is 0. The molecule has 1 aromatic carbocycles. The van der Waals surface area contributed by atoms with Gasteiger partial charge in [0.05, 0.1) is 0 Å². The Balaban J connectivity index is 0. The SMILES string of the molecule is C.C.CCCC[Si](C)(C)O[Si](C)(C)CCCc1ccccc1O. The lowest BCUT2D eigenvalue weighted by atomic mass is 10.1. The van der Waals surface area contributed by atoms with E-state index < -0.39 is 16.6 Å². The number of aryl methyl sites for hydroxylation is 1. The molecule has 0 heterocycles. The minimum absolute atomic E-state index is 0. The molecule has 0 aliphatic rings. The minimum Gasteiger partial charge on any atom is -0.508 e. The Morgan fingerprint density at radius 3 is 1.96 bits per heavy atom. The number of hydrogen-bond donors (Lipinski definition) is 1. The summed E-state index contributed by atoms with van der Waals surface area (Å²) in [6.45, 7) is 11.7. The molecule has 0 aliphatic heterocycles. The van der Waals surface area contributed by atoms with Gasteiger partial charge in [-0.2, -0.15) is 0 Å². The van der Waals surface area contributed by atoms with Crippen LogP contribution in [0.4, 0.5) is 0 Å². The molecule has 1 rings (SSSR count). The molecule has 0 fully saturated rings. The third-order valence-electron chi connectivity index (χ3n) is 3.90. The van der Waals surface area contributed by atoms with Crippen LogP contribution in [0.2, 0.25) is 38.3 Å². The molecule has 0 amide bonds. The molecule has 136 valence electrons. The van der Waals surface area contributed by atoms with Crippen molar-refractivity contribution in [2.24, 2.45) is 0 Å². The van der Waals surface area contributed by atoms with Gasteiger partial charge in [0.2, 0.25) is 0 Å². The molecule has 0 aromatic heterocycles. The third-order valence-corrected chi connectivity index (χ3v) is 11.4. The Kier molecular flexibility index (Phi) is 11.9. The van der Waals surface area contributed by atoms with Crippen molar-refractivity contribution in [2.45, 2.75) is 85.7 Å². The molecule has 0 radical (unpaired) electrons. The van der Waals surface area contributed by atoms with E-state index in [0.29, 0.717) is 5.75 Å². The second-order valence-corrected chi connectivity index (χ2v) is 16.1. The fourth-order valence-corrected chi connectivity index (χ4v) is 11.9. The van der Waals surface area contributed by atoms with Crippen LogP contribution in [0.5, 0.6) is 5.75 Å². The molecule has 23 heavy (non-hydrogen) atoms. The van der Waals surface area contributed by atoms with Gasteiger partial charge in [0, 0.05) is 0 Å². The van der Waals surface area contributed by atoms with E-state index in [0.717, 1.165) is 18.4 Å². The third kappa shape index (κ3) is 10.00. The first-order valence-electron chi connectivity index (χ1n) is 8.23. The first kappa shape index (κ1) is 24.7. The van der Waals surface area contributed by atoms with Crippen molar-refractivity contribution in [3.8, 4) is 5.75 Å². The molecular formula is C19H40O2Si2. The second kappa shape index (κ2) is 11.1. The lowest BCUT2D eigenvalue weighted by molar-refractivity contribution is 0.467.